The molecule has 14 rings (SSSR count). The topological polar surface area (TPSA) is 372 Å². The van der Waals surface area contributed by atoms with Crippen molar-refractivity contribution in [3.8, 4) is 96.2 Å². The molecule has 1 amide bonds. The van der Waals surface area contributed by atoms with Crippen molar-refractivity contribution < 1.29 is 63.7 Å². The molecule has 0 aliphatic rings. The fourth-order valence-corrected chi connectivity index (χ4v) is 10.2. The maximum Gasteiger partial charge on any atom is 1.00 e. The second kappa shape index (κ2) is 44.1. The van der Waals surface area contributed by atoms with Crippen LogP contribution in [-0.4, -0.2) is 105 Å². The van der Waals surface area contributed by atoms with Gasteiger partial charge in [-0.3, -0.25) is 54.6 Å². The number of aliphatic hydroxyl groups excluding tert-OH is 1. The molecule has 0 bridgehead atoms. The van der Waals surface area contributed by atoms with E-state index in [-0.39, 0.29) is 74.7 Å². The Kier molecular flexibility index (Phi) is 34.0. The molecular weight excluding hydrogens is 1360 g/mol. The Balaban J connectivity index is 0.000000195. The molecule has 14 heterocycles. The first kappa shape index (κ1) is 82.5. The van der Waals surface area contributed by atoms with Gasteiger partial charge in [-0.15, -0.1) is 0 Å². The molecule has 107 heavy (non-hydrogen) atoms. The number of carbonyl (C=O) groups excluding carboxylic acids is 4. The third-order valence-corrected chi connectivity index (χ3v) is 15.6. The number of nitrogens with zero attached hydrogens (tertiary/aromatic N) is 13. The Labute approximate surface area is 641 Å². The average molecular weight is 1440 g/mol. The van der Waals surface area contributed by atoms with Crippen molar-refractivity contribution in [1.82, 2.24) is 73.8 Å². The minimum Gasteiger partial charge on any atom is -0.550 e. The first-order valence-electron chi connectivity index (χ1n) is 32.4. The third kappa shape index (κ3) is 26.4. The van der Waals surface area contributed by atoms with E-state index in [1.807, 2.05) is 193 Å². The van der Waals surface area contributed by atoms with E-state index < -0.39 is 5.97 Å². The average Bonchev–Trinajstić information content (AvgIpc) is 1.83. The van der Waals surface area contributed by atoms with Crippen LogP contribution in [0.5, 0.6) is 0 Å². The summed E-state index contributed by atoms with van der Waals surface area (Å²) in [6.45, 7) is 0.0710. The number of aliphatic hydroxyl groups is 1. The normalized spacial score (nSPS) is 9.78. The van der Waals surface area contributed by atoms with Crippen molar-refractivity contribution in [3.63, 3.8) is 0 Å². The number of methoxy groups -OCH3 is 1. The Bertz CT molecular complexity index is 5110. The number of H-pyrrole nitrogens is 4. The zero-order valence-electron chi connectivity index (χ0n) is 58.8. The number of nitriles is 3. The van der Waals surface area contributed by atoms with Gasteiger partial charge >= 0.3 is 35.5 Å². The molecule has 14 aromatic rings. The number of amides is 1. The van der Waals surface area contributed by atoms with E-state index in [4.69, 9.17) is 20.9 Å². The summed E-state index contributed by atoms with van der Waals surface area (Å²) in [5.74, 6) is -1.66. The van der Waals surface area contributed by atoms with Crippen molar-refractivity contribution in [1.29, 1.82) is 15.8 Å². The van der Waals surface area contributed by atoms with E-state index in [9.17, 15) is 24.3 Å². The van der Waals surface area contributed by atoms with E-state index in [1.54, 1.807) is 105 Å². The standard InChI is InChI=1S/C12H10N4O.C12H11N3.C12H12N2O2.C11H9N3.C11H10N2O2.C11H12N2O.C11H10N2O.CH4.Na/c13-8-16-12(17)6-11-5-10(7-15-11)9-1-3-14-4-2-9;1-15-9-11(8-12(15)2-5-13)10-3-6-14-7-4-10;1-16-12(15)7-11-6-10(8-14-11)9-2-4-13-5-3-9;12-4-1-11-7-10(8-14-11)9-2-5-13-6-3-9;14-11(15)6-10-5-9(7-13-10)8-1-3-12-4-2-8;2*1-13-7-10(6-11(13)8-14)9-2-4-12-5-3-9;;/h1-5,7,15H,6H2,(H,16,17);3-4,6-9H,2H2,1H3;2-6,8,14H,7H2,1H3;2-3,5-8,14H,1H2;1-5,7,13H,6H2,(H,14,15);2-7,14H,8H2,1H3;2-8H,1H3;1H4;/q;;;;;;;;+1/p-1. The van der Waals surface area contributed by atoms with Gasteiger partial charge in [0.1, 0.15) is 0 Å². The van der Waals surface area contributed by atoms with Gasteiger partial charge in [0.05, 0.1) is 57.2 Å². The number of carboxylic acids is 1. The maximum absolute atomic E-state index is 11.2. The number of carboxylic acid groups (broad SMARTS) is 1. The van der Waals surface area contributed by atoms with Crippen molar-refractivity contribution in [2.24, 2.45) is 21.1 Å². The summed E-state index contributed by atoms with van der Waals surface area (Å²) in [6.07, 6.45) is 41.3. The molecule has 0 atom stereocenters. The van der Waals surface area contributed by atoms with Crippen LogP contribution in [0, 0.1) is 34.1 Å². The Morgan fingerprint density at radius 1 is 0.449 bits per heavy atom. The van der Waals surface area contributed by atoms with Gasteiger partial charge in [-0.2, -0.15) is 15.8 Å². The number of aromatic amines is 4. The number of carbonyl (C=O) groups is 4. The van der Waals surface area contributed by atoms with E-state index in [0.717, 1.165) is 113 Å². The SMILES string of the molecule is C.COC(=O)Cc1cc(-c2ccncc2)c[nH]1.Cn1cc(-c2ccncc2)cc1C=O.Cn1cc(-c2ccncc2)cc1CC#N.Cn1cc(-c2ccncc2)cc1CO.N#CCc1cc(-c2ccncc2)c[nH]1.N#CNC(=O)Cc1cc(-c2ccncc2)c[nH]1.O=C([O-])Cc1cc(-c2ccncc2)c[nH]1.[Na+]. The quantitative estimate of drug-likeness (QED) is 0.0163. The van der Waals surface area contributed by atoms with Crippen molar-refractivity contribution in [2.75, 3.05) is 7.11 Å². The van der Waals surface area contributed by atoms with Gasteiger partial charge in [-0.25, -0.2) is 0 Å². The molecule has 0 unspecified atom stereocenters. The predicted molar refractivity (Wildman–Crippen MR) is 401 cm³/mol. The zero-order valence-corrected chi connectivity index (χ0v) is 60.8. The molecule has 6 N–H and O–H groups in total. The smallest absolute Gasteiger partial charge is 0.550 e. The Morgan fingerprint density at radius 3 is 1.07 bits per heavy atom. The minimum atomic E-state index is -1.09. The number of hydrogen-bond donors (Lipinski definition) is 6. The molecule has 0 aromatic carbocycles. The van der Waals surface area contributed by atoms with Gasteiger partial charge in [0.15, 0.2) is 12.5 Å². The number of aryl methyl sites for hydroxylation is 3. The summed E-state index contributed by atoms with van der Waals surface area (Å²) >= 11 is 0. The van der Waals surface area contributed by atoms with Crippen molar-refractivity contribution >= 4 is 24.1 Å². The first-order chi connectivity index (χ1) is 51.2. The van der Waals surface area contributed by atoms with Crippen LogP contribution in [0.3, 0.4) is 0 Å². The fraction of sp³-hybridized carbons (Fsp3) is 0.136. The van der Waals surface area contributed by atoms with Gasteiger partial charge in [0, 0.05) is 203 Å². The molecule has 14 aromatic heterocycles. The number of pyridine rings is 7. The van der Waals surface area contributed by atoms with E-state index in [2.05, 4.69) is 77.0 Å². The van der Waals surface area contributed by atoms with Gasteiger partial charge in [0.25, 0.3) is 0 Å². The van der Waals surface area contributed by atoms with Crippen LogP contribution in [0.25, 0.3) is 77.9 Å². The Hall–Kier alpha value is -13.5. The van der Waals surface area contributed by atoms with Crippen molar-refractivity contribution in [3.05, 3.63) is 297 Å². The largest absolute Gasteiger partial charge is 1.00 e. The molecule has 0 spiro atoms. The molecule has 0 saturated carbocycles. The molecule has 26 heteroatoms. The van der Waals surface area contributed by atoms with Crippen LogP contribution < -0.4 is 40.0 Å². The predicted octanol–water partition coefficient (Wildman–Crippen LogP) is 8.79. The molecule has 534 valence electrons. The number of esters is 1. The second-order valence-electron chi connectivity index (χ2n) is 22.8. The number of aliphatic carboxylic acids is 1. The summed E-state index contributed by atoms with van der Waals surface area (Å²) in [4.78, 5) is 82.9. The summed E-state index contributed by atoms with van der Waals surface area (Å²) in [5.41, 5.74) is 20.7. The number of aromatic nitrogens is 14. The molecule has 0 radical (unpaired) electrons. The first-order valence-corrected chi connectivity index (χ1v) is 32.4. The number of hydrogen-bond acceptors (Lipinski definition) is 17. The van der Waals surface area contributed by atoms with E-state index in [0.29, 0.717) is 24.2 Å². The minimum absolute atomic E-state index is 0. The van der Waals surface area contributed by atoms with Crippen LogP contribution in [0.1, 0.15) is 52.1 Å². The Morgan fingerprint density at radius 2 is 0.757 bits per heavy atom. The van der Waals surface area contributed by atoms with Crippen LogP contribution in [0.2, 0.25) is 0 Å². The number of nitrogens with one attached hydrogen (secondary N) is 5. The molecule has 25 nitrogen and oxygen atoms in total. The van der Waals surface area contributed by atoms with Gasteiger partial charge in [-0.05, 0) is 200 Å². The van der Waals surface area contributed by atoms with E-state index in [1.165, 1.54) is 7.11 Å². The van der Waals surface area contributed by atoms with Crippen LogP contribution in [0.15, 0.2) is 258 Å². The summed E-state index contributed by atoms with van der Waals surface area (Å²) in [5, 5.41) is 47.0. The number of aldehydes is 1. The van der Waals surface area contributed by atoms with Gasteiger partial charge in [0.2, 0.25) is 5.91 Å². The number of ether oxygens (including phenoxy) is 1. The van der Waals surface area contributed by atoms with E-state index >= 15 is 0 Å². The van der Waals surface area contributed by atoms with Crippen LogP contribution >= 0.6 is 0 Å². The van der Waals surface area contributed by atoms with Gasteiger partial charge < -0.3 is 53.4 Å². The summed E-state index contributed by atoms with van der Waals surface area (Å²) in [6, 6.07) is 44.7. The molecule has 0 aliphatic heterocycles. The fourth-order valence-electron chi connectivity index (χ4n) is 10.2. The zero-order chi connectivity index (χ0) is 74.6. The maximum atomic E-state index is 11.2. The monoisotopic (exact) mass is 1440 g/mol. The summed E-state index contributed by atoms with van der Waals surface area (Å²) in [7, 11) is 7.12. The summed E-state index contributed by atoms with van der Waals surface area (Å²) < 4.78 is 10.3. The number of rotatable bonds is 17. The third-order valence-electron chi connectivity index (χ3n) is 15.6. The molecule has 0 saturated heterocycles. The van der Waals surface area contributed by atoms with Crippen molar-refractivity contribution in [2.45, 2.75) is 46.1 Å². The van der Waals surface area contributed by atoms with Crippen LogP contribution in [-0.2, 0) is 79.0 Å². The van der Waals surface area contributed by atoms with Crippen LogP contribution in [0.4, 0.5) is 0 Å². The van der Waals surface area contributed by atoms with Gasteiger partial charge in [-0.1, -0.05) is 7.43 Å². The second-order valence-corrected chi connectivity index (χ2v) is 22.8. The molecule has 0 fully saturated rings. The molecular formula is C81H77N18NaO7. The molecule has 0 aliphatic carbocycles.